The lowest BCUT2D eigenvalue weighted by molar-refractivity contribution is -0.161. The van der Waals surface area contributed by atoms with E-state index in [1.807, 2.05) is 0 Å². The van der Waals surface area contributed by atoms with Crippen molar-refractivity contribution >= 4 is 26.7 Å². The second kappa shape index (κ2) is 4.30. The highest BCUT2D eigenvalue weighted by Gasteiger charge is 2.55. The van der Waals surface area contributed by atoms with Gasteiger partial charge in [-0.05, 0) is 0 Å². The summed E-state index contributed by atoms with van der Waals surface area (Å²) in [6, 6.07) is 0.0379. The summed E-state index contributed by atoms with van der Waals surface area (Å²) in [4.78, 5) is 35.8. The number of rotatable bonds is 2. The highest BCUT2D eigenvalue weighted by Crippen LogP contribution is 2.22. The van der Waals surface area contributed by atoms with Gasteiger partial charge in [-0.15, -0.1) is 6.58 Å². The second-order valence-electron chi connectivity index (χ2n) is 3.74. The summed E-state index contributed by atoms with van der Waals surface area (Å²) in [5.74, 6) is -1.67. The Morgan fingerprint density at radius 1 is 1.06 bits per heavy atom. The van der Waals surface area contributed by atoms with E-state index in [0.29, 0.717) is 0 Å². The fourth-order valence-corrected chi connectivity index (χ4v) is 3.66. The third-order valence-electron chi connectivity index (χ3n) is 2.26. The SMILES string of the molecule is C=CC[Si]12OC(=O)CN(CC(=O)O1)CC(=O)O2. The molecule has 92 valence electrons. The first kappa shape index (κ1) is 11.8. The molecule has 3 saturated heterocycles. The van der Waals surface area contributed by atoms with Gasteiger partial charge < -0.3 is 13.3 Å². The molecule has 0 aromatic rings. The summed E-state index contributed by atoms with van der Waals surface area (Å²) < 4.78 is 15.1. The molecular weight excluding hydrogens is 246 g/mol. The Labute approximate surface area is 98.3 Å². The average Bonchev–Trinajstić information content (AvgIpc) is 2.11. The summed E-state index contributed by atoms with van der Waals surface area (Å²) in [5, 5.41) is 0. The van der Waals surface area contributed by atoms with Gasteiger partial charge in [-0.2, -0.15) is 0 Å². The van der Waals surface area contributed by atoms with E-state index >= 15 is 0 Å². The number of nitrogens with zero attached hydrogens (tertiary/aromatic N) is 1. The smallest absolute Gasteiger partial charge is 0.454 e. The Bertz CT molecular complexity index is 345. The first-order chi connectivity index (χ1) is 8.03. The normalized spacial score (nSPS) is 32.7. The molecule has 2 bridgehead atoms. The lowest BCUT2D eigenvalue weighted by Crippen LogP contribution is -2.59. The van der Waals surface area contributed by atoms with Crippen molar-refractivity contribution in [1.82, 2.24) is 4.90 Å². The number of allylic oxidation sites excluding steroid dienone is 1. The van der Waals surface area contributed by atoms with Gasteiger partial charge in [0.2, 0.25) is 0 Å². The molecule has 0 aromatic heterocycles. The van der Waals surface area contributed by atoms with Gasteiger partial charge in [-0.3, -0.25) is 19.3 Å². The maximum absolute atomic E-state index is 11.5. The van der Waals surface area contributed by atoms with Crippen molar-refractivity contribution in [2.75, 3.05) is 19.6 Å². The lowest BCUT2D eigenvalue weighted by Gasteiger charge is -2.34. The van der Waals surface area contributed by atoms with Gasteiger partial charge in [-0.1, -0.05) is 6.08 Å². The summed E-state index contributed by atoms with van der Waals surface area (Å²) in [6.45, 7) is 3.13. The summed E-state index contributed by atoms with van der Waals surface area (Å²) in [7, 11) is -3.61. The Kier molecular flexibility index (Phi) is 2.98. The predicted molar refractivity (Wildman–Crippen MR) is 55.5 cm³/mol. The van der Waals surface area contributed by atoms with Crippen molar-refractivity contribution in [3.8, 4) is 0 Å². The molecule has 7 nitrogen and oxygen atoms in total. The fraction of sp³-hybridized carbons (Fsp3) is 0.444. The molecule has 0 amide bonds. The van der Waals surface area contributed by atoms with E-state index in [-0.39, 0.29) is 25.7 Å². The highest BCUT2D eigenvalue weighted by molar-refractivity contribution is 6.66. The third kappa shape index (κ3) is 2.53. The monoisotopic (exact) mass is 257 g/mol. The van der Waals surface area contributed by atoms with Crippen LogP contribution in [0.4, 0.5) is 0 Å². The van der Waals surface area contributed by atoms with Crippen LogP contribution in [0.5, 0.6) is 0 Å². The minimum atomic E-state index is -3.61. The quantitative estimate of drug-likeness (QED) is 0.467. The summed E-state index contributed by atoms with van der Waals surface area (Å²) >= 11 is 0. The van der Waals surface area contributed by atoms with Crippen LogP contribution in [0.15, 0.2) is 12.7 Å². The largest absolute Gasteiger partial charge is 0.709 e. The molecule has 0 unspecified atom stereocenters. The van der Waals surface area contributed by atoms with Gasteiger partial charge in [0.15, 0.2) is 0 Å². The van der Waals surface area contributed by atoms with Gasteiger partial charge in [-0.25, -0.2) is 0 Å². The van der Waals surface area contributed by atoms with E-state index in [9.17, 15) is 14.4 Å². The van der Waals surface area contributed by atoms with E-state index in [2.05, 4.69) is 6.58 Å². The fourth-order valence-electron chi connectivity index (χ4n) is 1.70. The van der Waals surface area contributed by atoms with Crippen LogP contribution in [0, 0.1) is 0 Å². The highest BCUT2D eigenvalue weighted by atomic mass is 28.4. The Hall–Kier alpha value is -1.67. The molecule has 0 spiro atoms. The van der Waals surface area contributed by atoms with E-state index in [1.54, 1.807) is 0 Å². The van der Waals surface area contributed by atoms with Crippen molar-refractivity contribution in [3.05, 3.63) is 12.7 Å². The van der Waals surface area contributed by atoms with Crippen LogP contribution in [0.25, 0.3) is 0 Å². The van der Waals surface area contributed by atoms with Gasteiger partial charge in [0.05, 0.1) is 25.7 Å². The molecule has 0 aromatic carbocycles. The van der Waals surface area contributed by atoms with E-state index < -0.39 is 26.7 Å². The second-order valence-corrected chi connectivity index (χ2v) is 6.13. The molecule has 3 aliphatic heterocycles. The van der Waals surface area contributed by atoms with E-state index in [4.69, 9.17) is 13.3 Å². The number of hydrogen-bond donors (Lipinski definition) is 0. The number of carbonyl (C=O) groups excluding carboxylic acids is 3. The van der Waals surface area contributed by atoms with Crippen molar-refractivity contribution in [2.24, 2.45) is 0 Å². The zero-order chi connectivity index (χ0) is 12.5. The number of hydrogen-bond acceptors (Lipinski definition) is 7. The molecular formula is C9H11NO6Si. The Morgan fingerprint density at radius 3 is 1.82 bits per heavy atom. The van der Waals surface area contributed by atoms with Gasteiger partial charge in [0, 0.05) is 0 Å². The molecule has 3 fully saturated rings. The predicted octanol–water partition coefficient (Wildman–Crippen LogP) is -0.930. The molecule has 17 heavy (non-hydrogen) atoms. The van der Waals surface area contributed by atoms with Crippen molar-refractivity contribution < 1.29 is 27.7 Å². The number of carbonyl (C=O) groups is 3. The molecule has 0 saturated carbocycles. The molecule has 3 heterocycles. The zero-order valence-corrected chi connectivity index (χ0v) is 10.0. The minimum absolute atomic E-state index is 0.0379. The molecule has 3 aliphatic rings. The van der Waals surface area contributed by atoms with Crippen LogP contribution < -0.4 is 0 Å². The van der Waals surface area contributed by atoms with Crippen LogP contribution in [0.3, 0.4) is 0 Å². The maximum Gasteiger partial charge on any atom is 0.709 e. The number of fused-ring (bicyclic) bond motifs is 6. The maximum atomic E-state index is 11.5. The molecule has 0 atom stereocenters. The zero-order valence-electron chi connectivity index (χ0n) is 9.01. The molecule has 3 rings (SSSR count). The van der Waals surface area contributed by atoms with Crippen LogP contribution in [0.1, 0.15) is 0 Å². The first-order valence-electron chi connectivity index (χ1n) is 5.02. The van der Waals surface area contributed by atoms with E-state index in [0.717, 1.165) is 0 Å². The van der Waals surface area contributed by atoms with Crippen molar-refractivity contribution in [3.63, 3.8) is 0 Å². The van der Waals surface area contributed by atoms with Crippen LogP contribution in [-0.2, 0) is 27.7 Å². The Morgan fingerprint density at radius 2 is 1.47 bits per heavy atom. The summed E-state index contributed by atoms with van der Waals surface area (Å²) in [6.07, 6.45) is 1.40. The average molecular weight is 257 g/mol. The molecule has 8 heteroatoms. The van der Waals surface area contributed by atoms with E-state index in [1.165, 1.54) is 11.0 Å². The van der Waals surface area contributed by atoms with Crippen LogP contribution in [0.2, 0.25) is 6.04 Å². The third-order valence-corrected chi connectivity index (χ3v) is 4.67. The first-order valence-corrected chi connectivity index (χ1v) is 6.95. The minimum Gasteiger partial charge on any atom is -0.454 e. The van der Waals surface area contributed by atoms with Gasteiger partial charge in [0.1, 0.15) is 0 Å². The molecule has 0 aliphatic carbocycles. The van der Waals surface area contributed by atoms with Crippen molar-refractivity contribution in [1.29, 1.82) is 0 Å². The molecule has 0 N–H and O–H groups in total. The van der Waals surface area contributed by atoms with Crippen LogP contribution >= 0.6 is 0 Å². The van der Waals surface area contributed by atoms with Crippen molar-refractivity contribution in [2.45, 2.75) is 6.04 Å². The standard InChI is InChI=1S/C9H11NO6Si/c1-2-3-17-14-7(11)4-10(5-8(12)15-17)6-9(13)16-17/h2H,1,3-6H2. The van der Waals surface area contributed by atoms with Gasteiger partial charge >= 0.3 is 26.7 Å². The topological polar surface area (TPSA) is 82.1 Å². The van der Waals surface area contributed by atoms with Crippen LogP contribution in [-0.4, -0.2) is 51.2 Å². The van der Waals surface area contributed by atoms with Gasteiger partial charge in [0.25, 0.3) is 0 Å². The Balaban J connectivity index is 2.35. The lowest BCUT2D eigenvalue weighted by atomic mass is 10.4. The molecule has 0 radical (unpaired) electrons. The summed E-state index contributed by atoms with van der Waals surface area (Å²) in [5.41, 5.74) is 0.